The summed E-state index contributed by atoms with van der Waals surface area (Å²) in [6.07, 6.45) is 1.07. The Hall–Kier alpha value is -5.12. The molecule has 1 amide bonds. The van der Waals surface area contributed by atoms with Crippen LogP contribution in [-0.2, 0) is 30.7 Å². The second kappa shape index (κ2) is 19.8. The number of amidine groups is 1. The highest BCUT2D eigenvalue weighted by atomic mass is 32.2. The number of aliphatic imine (C=N–C) groups is 1. The van der Waals surface area contributed by atoms with E-state index in [1.165, 1.54) is 16.4 Å². The first-order chi connectivity index (χ1) is 27.6. The Bertz CT molecular complexity index is 1960. The van der Waals surface area contributed by atoms with Crippen molar-refractivity contribution in [1.29, 1.82) is 5.26 Å². The lowest BCUT2D eigenvalue weighted by atomic mass is 10.0. The van der Waals surface area contributed by atoms with Crippen LogP contribution in [0.15, 0.2) is 82.7 Å². The molecule has 2 saturated heterocycles. The minimum atomic E-state index is -4.10. The number of benzene rings is 3. The molecule has 0 saturated carbocycles. The zero-order chi connectivity index (χ0) is 40.2. The van der Waals surface area contributed by atoms with Gasteiger partial charge >= 0.3 is 12.1 Å². The number of nitrogens with one attached hydrogen (secondary N) is 2. The van der Waals surface area contributed by atoms with Crippen molar-refractivity contribution >= 4 is 22.1 Å². The summed E-state index contributed by atoms with van der Waals surface area (Å²) in [6.45, 7) is 5.14. The summed E-state index contributed by atoms with van der Waals surface area (Å²) >= 11 is 0. The number of rotatable bonds is 18. The third-order valence-electron chi connectivity index (χ3n) is 9.53. The quantitative estimate of drug-likeness (QED) is 0.0544. The number of hydrogen-bond acceptors (Lipinski definition) is 13. The van der Waals surface area contributed by atoms with Gasteiger partial charge in [-0.15, -0.1) is 0 Å². The number of sulfonamides is 1. The van der Waals surface area contributed by atoms with Crippen molar-refractivity contribution in [2.24, 2.45) is 16.8 Å². The van der Waals surface area contributed by atoms with E-state index >= 15 is 0 Å². The standard InChI is InChI=1S/C40H49N5O11S/c1-27(2)22-45(57(48,49)31-14-15-35-36(21-31)54-26-53-35)23-34(46)33(44-40(47)56-37-24-52-38-32(37)16-19-51-38)20-28-10-12-29(13-11-28)50-18-7-6-17-42-39(43-25-41)55-30-8-4-3-5-9-30/h3-5,8-15,21,27,32-34,37-38,46H,6-7,16-20,22-24,26H2,1-2H3,(H,42,43)(H,44,47)/t32-,33-,34+,37+,38+/m0/s1. The van der Waals surface area contributed by atoms with Crippen molar-refractivity contribution in [1.82, 2.24) is 14.9 Å². The van der Waals surface area contributed by atoms with Crippen LogP contribution in [-0.4, -0.2) is 101 Å². The number of unbranched alkanes of at least 4 members (excludes halogenated alkanes) is 1. The number of nitriles is 1. The lowest BCUT2D eigenvalue weighted by Crippen LogP contribution is -2.51. The second-order valence-electron chi connectivity index (χ2n) is 14.3. The van der Waals surface area contributed by atoms with Gasteiger partial charge in [-0.05, 0) is 73.6 Å². The van der Waals surface area contributed by atoms with Crippen molar-refractivity contribution in [2.45, 2.75) is 69.0 Å². The normalized spacial score (nSPS) is 19.8. The molecule has 6 rings (SSSR count). The van der Waals surface area contributed by atoms with Gasteiger partial charge in [-0.2, -0.15) is 9.57 Å². The number of amides is 1. The predicted octanol–water partition coefficient (Wildman–Crippen LogP) is 4.19. The molecule has 3 aromatic carbocycles. The van der Waals surface area contributed by atoms with E-state index in [9.17, 15) is 18.3 Å². The number of hydrogen-bond donors (Lipinski definition) is 3. The first kappa shape index (κ1) is 41.5. The molecule has 0 spiro atoms. The van der Waals surface area contributed by atoms with Crippen LogP contribution in [0, 0.1) is 23.3 Å². The maximum Gasteiger partial charge on any atom is 0.407 e. The lowest BCUT2D eigenvalue weighted by Gasteiger charge is -2.31. The van der Waals surface area contributed by atoms with Gasteiger partial charge in [-0.1, -0.05) is 44.2 Å². The molecule has 2 fully saturated rings. The van der Waals surface area contributed by atoms with Crippen LogP contribution in [0.4, 0.5) is 4.79 Å². The van der Waals surface area contributed by atoms with Gasteiger partial charge in [-0.25, -0.2) is 23.5 Å². The van der Waals surface area contributed by atoms with Gasteiger partial charge in [0.25, 0.3) is 0 Å². The largest absolute Gasteiger partial charge is 0.494 e. The fraction of sp³-hybridized carbons (Fsp3) is 0.475. The highest BCUT2D eigenvalue weighted by molar-refractivity contribution is 7.89. The Balaban J connectivity index is 1.08. The summed E-state index contributed by atoms with van der Waals surface area (Å²) < 4.78 is 68.5. The lowest BCUT2D eigenvalue weighted by molar-refractivity contribution is -0.0907. The van der Waals surface area contributed by atoms with E-state index < -0.39 is 40.7 Å². The van der Waals surface area contributed by atoms with Crippen LogP contribution in [0.5, 0.6) is 23.0 Å². The number of carbonyl (C=O) groups excluding carboxylic acids is 1. The highest BCUT2D eigenvalue weighted by Gasteiger charge is 2.44. The number of para-hydroxylation sites is 1. The van der Waals surface area contributed by atoms with E-state index in [-0.39, 0.29) is 55.7 Å². The third kappa shape index (κ3) is 11.5. The van der Waals surface area contributed by atoms with Gasteiger partial charge in [0.05, 0.1) is 42.8 Å². The van der Waals surface area contributed by atoms with Crippen molar-refractivity contribution in [2.75, 3.05) is 46.2 Å². The molecular weight excluding hydrogens is 759 g/mol. The van der Waals surface area contributed by atoms with Crippen LogP contribution < -0.4 is 29.6 Å². The molecule has 57 heavy (non-hydrogen) atoms. The third-order valence-corrected chi connectivity index (χ3v) is 11.4. The monoisotopic (exact) mass is 807 g/mol. The maximum absolute atomic E-state index is 14.0. The highest BCUT2D eigenvalue weighted by Crippen LogP contribution is 2.35. The van der Waals surface area contributed by atoms with E-state index in [1.54, 1.807) is 30.3 Å². The topological polar surface area (TPSA) is 199 Å². The van der Waals surface area contributed by atoms with Gasteiger partial charge in [0.1, 0.15) is 17.6 Å². The van der Waals surface area contributed by atoms with E-state index in [4.69, 9.17) is 38.4 Å². The Morgan fingerprint density at radius 2 is 1.81 bits per heavy atom. The summed E-state index contributed by atoms with van der Waals surface area (Å²) in [4.78, 5) is 17.7. The number of alkyl carbamates (subject to hydrolysis) is 1. The van der Waals surface area contributed by atoms with Crippen LogP contribution >= 0.6 is 0 Å². The summed E-state index contributed by atoms with van der Waals surface area (Å²) in [5.74, 6) is 1.80. The van der Waals surface area contributed by atoms with E-state index in [0.717, 1.165) is 5.56 Å². The fourth-order valence-corrected chi connectivity index (χ4v) is 8.30. The number of nitrogens with zero attached hydrogens (tertiary/aromatic N) is 3. The minimum Gasteiger partial charge on any atom is -0.494 e. The fourth-order valence-electron chi connectivity index (χ4n) is 6.66. The van der Waals surface area contributed by atoms with Gasteiger partial charge < -0.3 is 43.6 Å². The molecule has 3 heterocycles. The average Bonchev–Trinajstić information content (AvgIpc) is 3.95. The van der Waals surface area contributed by atoms with Crippen molar-refractivity contribution in [3.8, 4) is 29.2 Å². The van der Waals surface area contributed by atoms with Crippen molar-refractivity contribution in [3.63, 3.8) is 0 Å². The SMILES string of the molecule is CC(C)CN(C[C@@H](O)[C@H](Cc1ccc(OCCCCN=C(NC#N)Oc2ccccc2)cc1)NC(=O)O[C@@H]1CO[C@H]2OCC[C@H]21)S(=O)(=O)c1ccc2c(c1)OCO2. The molecule has 16 nitrogen and oxygen atoms in total. The molecule has 5 atom stereocenters. The van der Waals surface area contributed by atoms with Crippen LogP contribution in [0.1, 0.15) is 38.7 Å². The van der Waals surface area contributed by atoms with Crippen LogP contribution in [0.3, 0.4) is 0 Å². The Morgan fingerprint density at radius 1 is 1.02 bits per heavy atom. The molecule has 17 heteroatoms. The molecular formula is C40H49N5O11S. The summed E-state index contributed by atoms with van der Waals surface area (Å²) in [7, 11) is -4.10. The summed E-state index contributed by atoms with van der Waals surface area (Å²) in [5.41, 5.74) is 0.763. The molecule has 0 aliphatic carbocycles. The summed E-state index contributed by atoms with van der Waals surface area (Å²) in [6, 6.07) is 19.9. The second-order valence-corrected chi connectivity index (χ2v) is 16.2. The zero-order valence-corrected chi connectivity index (χ0v) is 32.8. The number of carbonyl (C=O) groups is 1. The zero-order valence-electron chi connectivity index (χ0n) is 32.0. The predicted molar refractivity (Wildman–Crippen MR) is 206 cm³/mol. The average molecular weight is 808 g/mol. The molecule has 306 valence electrons. The van der Waals surface area contributed by atoms with E-state index in [2.05, 4.69) is 15.6 Å². The number of aliphatic hydroxyl groups excluding tert-OH is 1. The summed E-state index contributed by atoms with van der Waals surface area (Å²) in [5, 5.41) is 26.0. The minimum absolute atomic E-state index is 0.000707. The Morgan fingerprint density at radius 3 is 2.58 bits per heavy atom. The molecule has 0 bridgehead atoms. The van der Waals surface area contributed by atoms with Gasteiger partial charge in [0, 0.05) is 25.7 Å². The van der Waals surface area contributed by atoms with Gasteiger partial charge in [-0.3, -0.25) is 0 Å². The smallest absolute Gasteiger partial charge is 0.407 e. The Labute approximate surface area is 332 Å². The number of aliphatic hydroxyl groups is 1. The van der Waals surface area contributed by atoms with Crippen LogP contribution in [0.2, 0.25) is 0 Å². The number of ether oxygens (including phenoxy) is 7. The first-order valence-electron chi connectivity index (χ1n) is 19.0. The molecule has 0 aromatic heterocycles. The molecule has 3 aromatic rings. The maximum atomic E-state index is 14.0. The number of fused-ring (bicyclic) bond motifs is 2. The molecule has 3 aliphatic rings. The van der Waals surface area contributed by atoms with E-state index in [1.807, 2.05) is 50.4 Å². The van der Waals surface area contributed by atoms with Crippen molar-refractivity contribution < 1.29 is 51.5 Å². The van der Waals surface area contributed by atoms with Crippen LogP contribution in [0.25, 0.3) is 0 Å². The first-order valence-corrected chi connectivity index (χ1v) is 20.5. The Kier molecular flexibility index (Phi) is 14.4. The molecule has 3 aliphatic heterocycles. The van der Waals surface area contributed by atoms with E-state index in [0.29, 0.717) is 62.0 Å². The van der Waals surface area contributed by atoms with Crippen molar-refractivity contribution in [3.05, 3.63) is 78.4 Å². The molecule has 0 radical (unpaired) electrons. The van der Waals surface area contributed by atoms with Gasteiger partial charge in [0.2, 0.25) is 16.8 Å². The molecule has 0 unspecified atom stereocenters. The van der Waals surface area contributed by atoms with Gasteiger partial charge in [0.15, 0.2) is 24.0 Å². The molecule has 3 N–H and O–H groups in total.